The lowest BCUT2D eigenvalue weighted by atomic mass is 10.0. The number of anilines is 1. The smallest absolute Gasteiger partial charge is 0.241 e. The van der Waals surface area contributed by atoms with Gasteiger partial charge in [-0.05, 0) is 38.0 Å². The third-order valence-electron chi connectivity index (χ3n) is 4.36. The van der Waals surface area contributed by atoms with Crippen molar-refractivity contribution in [1.29, 1.82) is 0 Å². The molecule has 0 aliphatic carbocycles. The first-order chi connectivity index (χ1) is 13.1. The Balaban J connectivity index is 1.81. The maximum absolute atomic E-state index is 13.4. The summed E-state index contributed by atoms with van der Waals surface area (Å²) in [5, 5.41) is 9.32. The van der Waals surface area contributed by atoms with Gasteiger partial charge in [-0.25, -0.2) is 9.38 Å². The molecule has 150 valence electrons. The summed E-state index contributed by atoms with van der Waals surface area (Å²) in [7, 11) is 1.59. The highest BCUT2D eigenvalue weighted by atomic mass is 19.1. The zero-order valence-electron chi connectivity index (χ0n) is 16.1. The molecule has 0 unspecified atom stereocenters. The second-order valence-electron chi connectivity index (χ2n) is 6.42. The number of hydrogen-bond donors (Lipinski definition) is 3. The van der Waals surface area contributed by atoms with E-state index in [1.165, 1.54) is 6.07 Å². The average molecular weight is 379 g/mol. The minimum absolute atomic E-state index is 0.0706. The van der Waals surface area contributed by atoms with Crippen LogP contribution < -0.4 is 20.9 Å². The van der Waals surface area contributed by atoms with Gasteiger partial charge in [0.15, 0.2) is 5.96 Å². The number of aliphatic imine (C=N–C) groups is 1. The molecule has 3 N–H and O–H groups in total. The molecule has 1 aliphatic heterocycles. The second kappa shape index (κ2) is 11.4. The lowest BCUT2D eigenvalue weighted by molar-refractivity contribution is -0.119. The van der Waals surface area contributed by atoms with E-state index in [9.17, 15) is 9.18 Å². The number of ether oxygens (including phenoxy) is 1. The summed E-state index contributed by atoms with van der Waals surface area (Å²) in [6, 6.07) is 6.97. The molecular weight excluding hydrogens is 349 g/mol. The fourth-order valence-corrected chi connectivity index (χ4v) is 2.97. The van der Waals surface area contributed by atoms with Crippen molar-refractivity contribution in [2.75, 3.05) is 51.3 Å². The molecule has 2 rings (SSSR count). The molecule has 1 saturated heterocycles. The van der Waals surface area contributed by atoms with E-state index in [1.807, 2.05) is 13.0 Å². The molecule has 0 saturated carbocycles. The van der Waals surface area contributed by atoms with Crippen molar-refractivity contribution in [3.63, 3.8) is 0 Å². The number of rotatable bonds is 8. The van der Waals surface area contributed by atoms with E-state index in [4.69, 9.17) is 4.74 Å². The topological polar surface area (TPSA) is 78.0 Å². The number of methoxy groups -OCH3 is 1. The number of halogens is 1. The highest BCUT2D eigenvalue weighted by Crippen LogP contribution is 2.20. The van der Waals surface area contributed by atoms with Gasteiger partial charge >= 0.3 is 0 Å². The molecule has 8 heteroatoms. The van der Waals surface area contributed by atoms with Crippen molar-refractivity contribution in [3.8, 4) is 0 Å². The first-order valence-electron chi connectivity index (χ1n) is 9.43. The number of carbonyl (C=O) groups excluding carboxylic acids is 1. The molecule has 1 heterocycles. The van der Waals surface area contributed by atoms with E-state index < -0.39 is 0 Å². The van der Waals surface area contributed by atoms with Crippen LogP contribution >= 0.6 is 0 Å². The van der Waals surface area contributed by atoms with Gasteiger partial charge in [0.25, 0.3) is 0 Å². The molecular formula is C19H30FN5O2. The van der Waals surface area contributed by atoms with Crippen LogP contribution in [0, 0.1) is 5.82 Å². The molecule has 1 aromatic carbocycles. The molecule has 1 fully saturated rings. The normalized spacial score (nSPS) is 15.5. The number of hydrogen-bond acceptors (Lipinski definition) is 4. The standard InChI is InChI=1S/C19H30FN5O2/c1-3-21-19(23-14-18(26)22-9-12-27-2)24-16-7-10-25(11-8-16)17-6-4-5-15(20)13-17/h4-6,13,16H,3,7-12,14H2,1-2H3,(H,22,26)(H2,21,23,24). The van der Waals surface area contributed by atoms with Crippen LogP contribution in [0.25, 0.3) is 0 Å². The number of nitrogens with zero attached hydrogens (tertiary/aromatic N) is 2. The number of amides is 1. The maximum Gasteiger partial charge on any atom is 0.241 e. The zero-order chi connectivity index (χ0) is 19.5. The van der Waals surface area contributed by atoms with E-state index >= 15 is 0 Å². The summed E-state index contributed by atoms with van der Waals surface area (Å²) >= 11 is 0. The van der Waals surface area contributed by atoms with Gasteiger partial charge in [-0.1, -0.05) is 6.07 Å². The van der Waals surface area contributed by atoms with Crippen molar-refractivity contribution in [1.82, 2.24) is 16.0 Å². The Morgan fingerprint density at radius 1 is 1.33 bits per heavy atom. The first kappa shape index (κ1) is 21.0. The Hall–Kier alpha value is -2.35. The van der Waals surface area contributed by atoms with Gasteiger partial charge in [0.05, 0.1) is 6.61 Å². The highest BCUT2D eigenvalue weighted by molar-refractivity contribution is 5.85. The van der Waals surface area contributed by atoms with Crippen molar-refractivity contribution < 1.29 is 13.9 Å². The summed E-state index contributed by atoms with van der Waals surface area (Å²) < 4.78 is 18.3. The van der Waals surface area contributed by atoms with Gasteiger partial charge in [-0.3, -0.25) is 4.79 Å². The fraction of sp³-hybridized carbons (Fsp3) is 0.579. The van der Waals surface area contributed by atoms with Crippen LogP contribution in [0.2, 0.25) is 0 Å². The number of benzene rings is 1. The van der Waals surface area contributed by atoms with Crippen molar-refractivity contribution in [3.05, 3.63) is 30.1 Å². The predicted molar refractivity (Wildman–Crippen MR) is 106 cm³/mol. The van der Waals surface area contributed by atoms with E-state index in [2.05, 4.69) is 25.8 Å². The Morgan fingerprint density at radius 2 is 2.11 bits per heavy atom. The van der Waals surface area contributed by atoms with Crippen LogP contribution in [0.5, 0.6) is 0 Å². The molecule has 1 aromatic rings. The van der Waals surface area contributed by atoms with Crippen LogP contribution in [0.4, 0.5) is 10.1 Å². The van der Waals surface area contributed by atoms with E-state index in [0.717, 1.165) is 38.2 Å². The molecule has 0 radical (unpaired) electrons. The van der Waals surface area contributed by atoms with Gasteiger partial charge in [-0.15, -0.1) is 0 Å². The lowest BCUT2D eigenvalue weighted by Gasteiger charge is -2.34. The Bertz CT molecular complexity index is 618. The highest BCUT2D eigenvalue weighted by Gasteiger charge is 2.20. The molecule has 0 bridgehead atoms. The number of carbonyl (C=O) groups is 1. The summed E-state index contributed by atoms with van der Waals surface area (Å²) in [6.07, 6.45) is 1.84. The monoisotopic (exact) mass is 379 g/mol. The average Bonchev–Trinajstić information content (AvgIpc) is 2.67. The van der Waals surface area contributed by atoms with Crippen LogP contribution in [0.15, 0.2) is 29.3 Å². The van der Waals surface area contributed by atoms with Gasteiger partial charge in [-0.2, -0.15) is 0 Å². The number of nitrogens with one attached hydrogen (secondary N) is 3. The minimum atomic E-state index is -0.210. The number of guanidine groups is 1. The van der Waals surface area contributed by atoms with Crippen molar-refractivity contribution >= 4 is 17.6 Å². The molecule has 1 aliphatic rings. The van der Waals surface area contributed by atoms with Crippen molar-refractivity contribution in [2.24, 2.45) is 4.99 Å². The SMILES string of the molecule is CCNC(=NCC(=O)NCCOC)NC1CCN(c2cccc(F)c2)CC1. The summed E-state index contributed by atoms with van der Waals surface area (Å²) in [5.41, 5.74) is 0.918. The minimum Gasteiger partial charge on any atom is -0.383 e. The summed E-state index contributed by atoms with van der Waals surface area (Å²) in [4.78, 5) is 18.3. The third kappa shape index (κ3) is 7.42. The van der Waals surface area contributed by atoms with Gasteiger partial charge in [0, 0.05) is 45.0 Å². The predicted octanol–water partition coefficient (Wildman–Crippen LogP) is 1.11. The summed E-state index contributed by atoms with van der Waals surface area (Å²) in [5.74, 6) is 0.298. The first-order valence-corrected chi connectivity index (χ1v) is 9.43. The maximum atomic E-state index is 13.4. The van der Waals surface area contributed by atoms with E-state index in [1.54, 1.807) is 19.2 Å². The van der Waals surface area contributed by atoms with Crippen LogP contribution in [-0.4, -0.2) is 64.3 Å². The fourth-order valence-electron chi connectivity index (χ4n) is 2.97. The molecule has 0 atom stereocenters. The molecule has 0 aromatic heterocycles. The zero-order valence-corrected chi connectivity index (χ0v) is 16.1. The Morgan fingerprint density at radius 3 is 2.78 bits per heavy atom. The largest absolute Gasteiger partial charge is 0.383 e. The van der Waals surface area contributed by atoms with E-state index in [0.29, 0.717) is 19.1 Å². The van der Waals surface area contributed by atoms with Gasteiger partial charge in [0.1, 0.15) is 12.4 Å². The lowest BCUT2D eigenvalue weighted by Crippen LogP contribution is -2.49. The van der Waals surface area contributed by atoms with Crippen LogP contribution in [0.3, 0.4) is 0 Å². The van der Waals surface area contributed by atoms with Crippen LogP contribution in [-0.2, 0) is 9.53 Å². The van der Waals surface area contributed by atoms with Crippen molar-refractivity contribution in [2.45, 2.75) is 25.8 Å². The van der Waals surface area contributed by atoms with Crippen LogP contribution in [0.1, 0.15) is 19.8 Å². The molecule has 27 heavy (non-hydrogen) atoms. The van der Waals surface area contributed by atoms with E-state index in [-0.39, 0.29) is 24.3 Å². The quantitative estimate of drug-likeness (QED) is 0.358. The molecule has 0 spiro atoms. The molecule has 7 nitrogen and oxygen atoms in total. The Kier molecular flexibility index (Phi) is 8.83. The number of piperidine rings is 1. The molecule has 1 amide bonds. The van der Waals surface area contributed by atoms with Gasteiger partial charge < -0.3 is 25.6 Å². The second-order valence-corrected chi connectivity index (χ2v) is 6.42. The third-order valence-corrected chi connectivity index (χ3v) is 4.36. The van der Waals surface area contributed by atoms with Gasteiger partial charge in [0.2, 0.25) is 5.91 Å². The Labute approximate surface area is 160 Å². The summed E-state index contributed by atoms with van der Waals surface area (Å²) in [6.45, 7) is 5.43.